The fourth-order valence-corrected chi connectivity index (χ4v) is 4.63. The largest absolute Gasteiger partial charge is 0.447 e. The molecule has 0 aliphatic heterocycles. The predicted molar refractivity (Wildman–Crippen MR) is 137 cm³/mol. The molecule has 182 valence electrons. The molecule has 0 bridgehead atoms. The molecule has 2 aromatic carbocycles. The quantitative estimate of drug-likeness (QED) is 0.434. The number of hydrogen-bond donors (Lipinski definition) is 1. The molecule has 35 heavy (non-hydrogen) atoms. The summed E-state index contributed by atoms with van der Waals surface area (Å²) in [5.74, 6) is -0.0255. The van der Waals surface area contributed by atoms with E-state index in [2.05, 4.69) is 16.0 Å². The van der Waals surface area contributed by atoms with Crippen LogP contribution in [0.1, 0.15) is 68.9 Å². The Morgan fingerprint density at radius 1 is 1.14 bits per heavy atom. The molecule has 0 spiro atoms. The van der Waals surface area contributed by atoms with Gasteiger partial charge in [-0.25, -0.2) is 4.79 Å². The highest BCUT2D eigenvalue weighted by Gasteiger charge is 2.28. The second kappa shape index (κ2) is 10.2. The highest BCUT2D eigenvalue weighted by molar-refractivity contribution is 6.02. The Kier molecular flexibility index (Phi) is 7.11. The van der Waals surface area contributed by atoms with Crippen molar-refractivity contribution in [1.82, 2.24) is 9.47 Å². The van der Waals surface area contributed by atoms with E-state index in [1.165, 1.54) is 0 Å². The van der Waals surface area contributed by atoms with Crippen molar-refractivity contribution < 1.29 is 14.3 Å². The summed E-state index contributed by atoms with van der Waals surface area (Å²) in [7, 11) is 0. The number of hydrogen-bond acceptors (Lipinski definition) is 4. The molecule has 0 atom stereocenters. The van der Waals surface area contributed by atoms with Gasteiger partial charge in [0, 0.05) is 35.8 Å². The van der Waals surface area contributed by atoms with Gasteiger partial charge in [-0.15, -0.1) is 0 Å². The molecule has 7 nitrogen and oxygen atoms in total. The van der Waals surface area contributed by atoms with Crippen LogP contribution in [0.25, 0.3) is 22.2 Å². The van der Waals surface area contributed by atoms with Crippen LogP contribution in [-0.4, -0.2) is 40.7 Å². The third-order valence-electron chi connectivity index (χ3n) is 6.60. The van der Waals surface area contributed by atoms with Crippen molar-refractivity contribution in [2.24, 2.45) is 0 Å². The van der Waals surface area contributed by atoms with E-state index in [0.29, 0.717) is 35.9 Å². The summed E-state index contributed by atoms with van der Waals surface area (Å²) in [5, 5.41) is 13.8. The van der Waals surface area contributed by atoms with Gasteiger partial charge in [0.25, 0.3) is 5.91 Å². The molecular formula is C28H32N4O3. The van der Waals surface area contributed by atoms with Gasteiger partial charge in [-0.05, 0) is 82.9 Å². The number of rotatable bonds is 7. The first-order valence-corrected chi connectivity index (χ1v) is 12.3. The highest BCUT2D eigenvalue weighted by Crippen LogP contribution is 2.43. The SMILES string of the molecule is CCN(CC)C(=O)c1ccc2c(c1)c(C#N)c(-c1ccc(NC(=O)OC(C)C)cc1)n2C1CCC1. The molecule has 0 radical (unpaired) electrons. The third-order valence-corrected chi connectivity index (χ3v) is 6.60. The highest BCUT2D eigenvalue weighted by atomic mass is 16.6. The summed E-state index contributed by atoms with van der Waals surface area (Å²) in [6.45, 7) is 8.80. The molecule has 1 aliphatic rings. The summed E-state index contributed by atoms with van der Waals surface area (Å²) >= 11 is 0. The normalized spacial score (nSPS) is 13.4. The van der Waals surface area contributed by atoms with E-state index in [4.69, 9.17) is 4.74 Å². The average molecular weight is 473 g/mol. The molecule has 1 saturated carbocycles. The van der Waals surface area contributed by atoms with Crippen LogP contribution in [0, 0.1) is 11.3 Å². The summed E-state index contributed by atoms with van der Waals surface area (Å²) in [5.41, 5.74) is 4.51. The second-order valence-corrected chi connectivity index (χ2v) is 9.16. The smallest absolute Gasteiger partial charge is 0.411 e. The van der Waals surface area contributed by atoms with Crippen LogP contribution in [0.4, 0.5) is 10.5 Å². The van der Waals surface area contributed by atoms with Crippen molar-refractivity contribution >= 4 is 28.6 Å². The number of nitrogens with one attached hydrogen (secondary N) is 1. The Hall–Kier alpha value is -3.79. The number of carbonyl (C=O) groups excluding carboxylic acids is 2. The monoisotopic (exact) mass is 472 g/mol. The van der Waals surface area contributed by atoms with Crippen LogP contribution in [0.2, 0.25) is 0 Å². The number of aromatic nitrogens is 1. The zero-order valence-corrected chi connectivity index (χ0v) is 20.8. The molecule has 1 aromatic heterocycles. The summed E-state index contributed by atoms with van der Waals surface area (Å²) in [6.07, 6.45) is 2.57. The summed E-state index contributed by atoms with van der Waals surface area (Å²) in [4.78, 5) is 26.7. The van der Waals surface area contributed by atoms with Crippen LogP contribution in [-0.2, 0) is 4.74 Å². The Labute approximate surface area is 206 Å². The lowest BCUT2D eigenvalue weighted by Gasteiger charge is -2.30. The topological polar surface area (TPSA) is 87.4 Å². The zero-order valence-electron chi connectivity index (χ0n) is 20.8. The number of fused-ring (bicyclic) bond motifs is 1. The minimum Gasteiger partial charge on any atom is -0.447 e. The molecule has 0 saturated heterocycles. The van der Waals surface area contributed by atoms with E-state index in [9.17, 15) is 14.9 Å². The van der Waals surface area contributed by atoms with Crippen molar-refractivity contribution in [1.29, 1.82) is 5.26 Å². The average Bonchev–Trinajstić information content (AvgIpc) is 3.11. The van der Waals surface area contributed by atoms with Gasteiger partial charge in [0.05, 0.1) is 22.9 Å². The molecule has 1 aliphatic carbocycles. The lowest BCUT2D eigenvalue weighted by atomic mass is 9.92. The van der Waals surface area contributed by atoms with Gasteiger partial charge in [-0.2, -0.15) is 5.26 Å². The number of anilines is 1. The molecule has 4 rings (SSSR count). The Morgan fingerprint density at radius 3 is 2.37 bits per heavy atom. The van der Waals surface area contributed by atoms with Crippen LogP contribution in [0.5, 0.6) is 0 Å². The third kappa shape index (κ3) is 4.74. The predicted octanol–water partition coefficient (Wildman–Crippen LogP) is 6.34. The second-order valence-electron chi connectivity index (χ2n) is 9.16. The number of benzene rings is 2. The lowest BCUT2D eigenvalue weighted by molar-refractivity contribution is 0.0773. The number of ether oxygens (including phenoxy) is 1. The van der Waals surface area contributed by atoms with Crippen molar-refractivity contribution in [3.8, 4) is 17.3 Å². The number of nitriles is 1. The van der Waals surface area contributed by atoms with E-state index < -0.39 is 6.09 Å². The maximum atomic E-state index is 13.0. The Bertz CT molecular complexity index is 1280. The minimum absolute atomic E-state index is 0.0255. The summed E-state index contributed by atoms with van der Waals surface area (Å²) in [6, 6.07) is 15.9. The fourth-order valence-electron chi connectivity index (χ4n) is 4.63. The van der Waals surface area contributed by atoms with E-state index >= 15 is 0 Å². The first kappa shape index (κ1) is 24.3. The van der Waals surface area contributed by atoms with Gasteiger partial charge in [0.2, 0.25) is 0 Å². The van der Waals surface area contributed by atoms with Gasteiger partial charge in [0.15, 0.2) is 0 Å². The molecule has 1 fully saturated rings. The molecule has 1 N–H and O–H groups in total. The fraction of sp³-hybridized carbons (Fsp3) is 0.393. The van der Waals surface area contributed by atoms with Gasteiger partial charge < -0.3 is 14.2 Å². The standard InChI is InChI=1S/C28H32N4O3/c1-5-31(6-2)27(33)20-12-15-25-23(16-20)24(17-29)26(32(25)22-8-7-9-22)19-10-13-21(14-11-19)30-28(34)35-18(3)4/h10-16,18,22H,5-9H2,1-4H3,(H,30,34). The van der Waals surface area contributed by atoms with Crippen LogP contribution >= 0.6 is 0 Å². The van der Waals surface area contributed by atoms with E-state index in [1.54, 1.807) is 18.7 Å². The first-order chi connectivity index (χ1) is 16.9. The molecule has 0 unspecified atom stereocenters. The van der Waals surface area contributed by atoms with Gasteiger partial charge >= 0.3 is 6.09 Å². The number of nitrogens with zero attached hydrogens (tertiary/aromatic N) is 3. The van der Waals surface area contributed by atoms with Gasteiger partial charge in [-0.3, -0.25) is 10.1 Å². The van der Waals surface area contributed by atoms with Crippen molar-refractivity contribution in [2.45, 2.75) is 59.1 Å². The van der Waals surface area contributed by atoms with Crippen molar-refractivity contribution in [3.63, 3.8) is 0 Å². The first-order valence-electron chi connectivity index (χ1n) is 12.3. The zero-order chi connectivity index (χ0) is 25.1. The van der Waals surface area contributed by atoms with Gasteiger partial charge in [-0.1, -0.05) is 12.1 Å². The van der Waals surface area contributed by atoms with Crippen molar-refractivity contribution in [3.05, 3.63) is 53.6 Å². The Balaban J connectivity index is 1.79. The molecule has 7 heteroatoms. The maximum Gasteiger partial charge on any atom is 0.411 e. The molecule has 2 amide bonds. The summed E-state index contributed by atoms with van der Waals surface area (Å²) < 4.78 is 7.42. The van der Waals surface area contributed by atoms with E-state index in [1.807, 2.05) is 56.3 Å². The van der Waals surface area contributed by atoms with Crippen LogP contribution < -0.4 is 5.32 Å². The number of carbonyl (C=O) groups is 2. The molecule has 1 heterocycles. The Morgan fingerprint density at radius 2 is 1.83 bits per heavy atom. The maximum absolute atomic E-state index is 13.0. The lowest BCUT2D eigenvalue weighted by Crippen LogP contribution is -2.30. The minimum atomic E-state index is -0.501. The van der Waals surface area contributed by atoms with Gasteiger partial charge in [0.1, 0.15) is 6.07 Å². The van der Waals surface area contributed by atoms with Crippen LogP contribution in [0.3, 0.4) is 0 Å². The van der Waals surface area contributed by atoms with Crippen molar-refractivity contribution in [2.75, 3.05) is 18.4 Å². The molecular weight excluding hydrogens is 440 g/mol. The van der Waals surface area contributed by atoms with E-state index in [-0.39, 0.29) is 12.0 Å². The molecule has 3 aromatic rings. The van der Waals surface area contributed by atoms with Crippen LogP contribution in [0.15, 0.2) is 42.5 Å². The van der Waals surface area contributed by atoms with E-state index in [0.717, 1.165) is 41.4 Å². The number of amides is 2.